The fourth-order valence-electron chi connectivity index (χ4n) is 3.21. The number of hydrogen-bond donors (Lipinski definition) is 2. The Morgan fingerprint density at radius 3 is 2.65 bits per heavy atom. The lowest BCUT2D eigenvalue weighted by Crippen LogP contribution is -2.45. The molecule has 1 unspecified atom stereocenters. The van der Waals surface area contributed by atoms with E-state index < -0.39 is 58.0 Å². The van der Waals surface area contributed by atoms with E-state index in [4.69, 9.17) is 21.1 Å². The van der Waals surface area contributed by atoms with Gasteiger partial charge >= 0.3 is 12.1 Å². The van der Waals surface area contributed by atoms with Crippen molar-refractivity contribution in [3.05, 3.63) is 58.1 Å². The smallest absolute Gasteiger partial charge is 0.416 e. The highest BCUT2D eigenvalue weighted by atomic mass is 35.5. The van der Waals surface area contributed by atoms with Crippen molar-refractivity contribution < 1.29 is 45.8 Å². The van der Waals surface area contributed by atoms with Crippen LogP contribution in [0.3, 0.4) is 0 Å². The second kappa shape index (κ2) is 9.80. The van der Waals surface area contributed by atoms with E-state index in [9.17, 15) is 36.3 Å². The molecule has 1 aliphatic rings. The molecule has 0 amide bonds. The summed E-state index contributed by atoms with van der Waals surface area (Å²) in [5.41, 5.74) is -0.833. The molecule has 2 aromatic rings. The zero-order valence-electron chi connectivity index (χ0n) is 17.6. The summed E-state index contributed by atoms with van der Waals surface area (Å²) in [6.07, 6.45) is -6.06. The molecule has 2 aromatic carbocycles. The second-order valence-corrected chi connectivity index (χ2v) is 9.77. The van der Waals surface area contributed by atoms with Gasteiger partial charge in [-0.2, -0.15) is 17.9 Å². The third-order valence-electron chi connectivity index (χ3n) is 4.99. The third-order valence-corrected chi connectivity index (χ3v) is 6.69. The number of ether oxygens (including phenoxy) is 2. The SMILES string of the molecule is CCS(=O)(=O)NC(COc1cc(C(F)(F)F)ccc1[C@@H]1CC(=O)c2cccc(Cl)c2O1)C(=O)O. The van der Waals surface area contributed by atoms with Crippen LogP contribution in [0, 0.1) is 0 Å². The molecule has 1 heterocycles. The van der Waals surface area contributed by atoms with Crippen LogP contribution in [0.5, 0.6) is 11.5 Å². The molecule has 2 atom stereocenters. The van der Waals surface area contributed by atoms with E-state index in [-0.39, 0.29) is 34.1 Å². The summed E-state index contributed by atoms with van der Waals surface area (Å²) in [5, 5.41) is 9.45. The largest absolute Gasteiger partial charge is 0.491 e. The van der Waals surface area contributed by atoms with Gasteiger partial charge in [-0.1, -0.05) is 23.7 Å². The Hall–Kier alpha value is -2.83. The van der Waals surface area contributed by atoms with Gasteiger partial charge in [0, 0.05) is 5.56 Å². The Morgan fingerprint density at radius 2 is 2.03 bits per heavy atom. The fraction of sp³-hybridized carbons (Fsp3) is 0.333. The molecule has 0 aliphatic carbocycles. The highest BCUT2D eigenvalue weighted by Gasteiger charge is 2.35. The van der Waals surface area contributed by atoms with Gasteiger partial charge in [0.15, 0.2) is 11.8 Å². The van der Waals surface area contributed by atoms with Crippen LogP contribution < -0.4 is 14.2 Å². The quantitative estimate of drug-likeness (QED) is 0.541. The molecule has 1 aliphatic heterocycles. The van der Waals surface area contributed by atoms with E-state index in [1.807, 2.05) is 4.72 Å². The molecule has 184 valence electrons. The summed E-state index contributed by atoms with van der Waals surface area (Å²) in [5.74, 6) is -2.71. The molecular formula is C21H19ClF3NO7S. The number of para-hydroxylation sites is 1. The second-order valence-electron chi connectivity index (χ2n) is 7.32. The molecule has 34 heavy (non-hydrogen) atoms. The van der Waals surface area contributed by atoms with Gasteiger partial charge in [0.05, 0.1) is 28.3 Å². The van der Waals surface area contributed by atoms with Gasteiger partial charge in [0.2, 0.25) is 10.0 Å². The topological polar surface area (TPSA) is 119 Å². The molecule has 2 N–H and O–H groups in total. The minimum Gasteiger partial charge on any atom is -0.491 e. The first-order valence-electron chi connectivity index (χ1n) is 9.87. The number of Topliss-reactive ketones (excluding diaryl/α,β-unsaturated/α-hetero) is 1. The van der Waals surface area contributed by atoms with Crippen molar-refractivity contribution in [2.75, 3.05) is 12.4 Å². The number of rotatable bonds is 8. The van der Waals surface area contributed by atoms with Gasteiger partial charge in [-0.3, -0.25) is 9.59 Å². The van der Waals surface area contributed by atoms with E-state index in [0.29, 0.717) is 6.07 Å². The average Bonchev–Trinajstić information content (AvgIpc) is 2.76. The predicted molar refractivity (Wildman–Crippen MR) is 115 cm³/mol. The maximum atomic E-state index is 13.3. The van der Waals surface area contributed by atoms with Crippen LogP contribution in [0.15, 0.2) is 36.4 Å². The lowest BCUT2D eigenvalue weighted by molar-refractivity contribution is -0.140. The van der Waals surface area contributed by atoms with Gasteiger partial charge in [-0.15, -0.1) is 0 Å². The molecule has 3 rings (SSSR count). The first-order chi connectivity index (χ1) is 15.8. The number of carbonyl (C=O) groups excluding carboxylic acids is 1. The molecule has 0 aromatic heterocycles. The molecule has 0 saturated heterocycles. The molecule has 13 heteroatoms. The number of ketones is 1. The number of carbonyl (C=O) groups is 2. The van der Waals surface area contributed by atoms with E-state index in [1.165, 1.54) is 19.1 Å². The zero-order chi connectivity index (χ0) is 25.3. The first-order valence-corrected chi connectivity index (χ1v) is 11.9. The summed E-state index contributed by atoms with van der Waals surface area (Å²) >= 11 is 6.11. The van der Waals surface area contributed by atoms with Crippen LogP contribution in [-0.2, 0) is 21.0 Å². The lowest BCUT2D eigenvalue weighted by atomic mass is 9.95. The number of carboxylic acid groups (broad SMARTS) is 1. The van der Waals surface area contributed by atoms with Crippen molar-refractivity contribution in [1.82, 2.24) is 4.72 Å². The number of carboxylic acids is 1. The Labute approximate surface area is 197 Å². The van der Waals surface area contributed by atoms with E-state index in [2.05, 4.69) is 0 Å². The first kappa shape index (κ1) is 25.8. The van der Waals surface area contributed by atoms with Crippen molar-refractivity contribution in [2.45, 2.75) is 31.7 Å². The Kier molecular flexibility index (Phi) is 7.44. The number of halogens is 4. The highest BCUT2D eigenvalue weighted by Crippen LogP contribution is 2.43. The minimum absolute atomic E-state index is 0.0365. The summed E-state index contributed by atoms with van der Waals surface area (Å²) < 4.78 is 76.5. The zero-order valence-corrected chi connectivity index (χ0v) is 19.1. The Bertz CT molecular complexity index is 1220. The van der Waals surface area contributed by atoms with E-state index in [1.54, 1.807) is 6.07 Å². The van der Waals surface area contributed by atoms with Gasteiger partial charge in [0.1, 0.15) is 24.2 Å². The molecule has 0 saturated carbocycles. The van der Waals surface area contributed by atoms with Crippen molar-refractivity contribution in [3.63, 3.8) is 0 Å². The summed E-state index contributed by atoms with van der Waals surface area (Å²) in [4.78, 5) is 24.1. The summed E-state index contributed by atoms with van der Waals surface area (Å²) in [6.45, 7) is 0.467. The van der Waals surface area contributed by atoms with Crippen LogP contribution in [-0.4, -0.2) is 43.7 Å². The van der Waals surface area contributed by atoms with Crippen molar-refractivity contribution in [2.24, 2.45) is 0 Å². The highest BCUT2D eigenvalue weighted by molar-refractivity contribution is 7.89. The monoisotopic (exact) mass is 521 g/mol. The van der Waals surface area contributed by atoms with Gasteiger partial charge in [-0.25, -0.2) is 8.42 Å². The molecular weight excluding hydrogens is 503 g/mol. The normalized spacial score (nSPS) is 17.0. The standard InChI is InChI=1S/C21H19ClF3NO7S/c1-2-34(30,31)26-15(20(28)29)10-32-17-8-11(21(23,24)25)6-7-13(17)18-9-16(27)12-4-3-5-14(22)19(12)33-18/h3-8,15,18,26H,2,9-10H2,1H3,(H,28,29)/t15?,18-/m0/s1. The van der Waals surface area contributed by atoms with Crippen molar-refractivity contribution in [1.29, 1.82) is 0 Å². The number of alkyl halides is 3. The van der Waals surface area contributed by atoms with Crippen molar-refractivity contribution in [3.8, 4) is 11.5 Å². The Balaban J connectivity index is 1.97. The predicted octanol–water partition coefficient (Wildman–Crippen LogP) is 3.84. The number of hydrogen-bond acceptors (Lipinski definition) is 6. The van der Waals surface area contributed by atoms with Crippen LogP contribution in [0.2, 0.25) is 5.02 Å². The Morgan fingerprint density at radius 1 is 1.32 bits per heavy atom. The third kappa shape index (κ3) is 5.80. The number of benzene rings is 2. The molecule has 8 nitrogen and oxygen atoms in total. The lowest BCUT2D eigenvalue weighted by Gasteiger charge is -2.28. The van der Waals surface area contributed by atoms with Crippen molar-refractivity contribution >= 4 is 33.4 Å². The van der Waals surface area contributed by atoms with Crippen LogP contribution in [0.1, 0.15) is 40.9 Å². The van der Waals surface area contributed by atoms with Crippen LogP contribution >= 0.6 is 11.6 Å². The number of aliphatic carboxylic acids is 1. The van der Waals surface area contributed by atoms with Gasteiger partial charge in [-0.05, 0) is 31.2 Å². The van der Waals surface area contributed by atoms with Crippen LogP contribution in [0.25, 0.3) is 0 Å². The maximum absolute atomic E-state index is 13.3. The number of sulfonamides is 1. The molecule has 0 radical (unpaired) electrons. The summed E-state index contributed by atoms with van der Waals surface area (Å²) in [7, 11) is -3.95. The van der Waals surface area contributed by atoms with Gasteiger partial charge in [0.25, 0.3) is 0 Å². The van der Waals surface area contributed by atoms with Gasteiger partial charge < -0.3 is 14.6 Å². The van der Waals surface area contributed by atoms with E-state index >= 15 is 0 Å². The van der Waals surface area contributed by atoms with E-state index in [0.717, 1.165) is 12.1 Å². The maximum Gasteiger partial charge on any atom is 0.416 e. The molecule has 0 bridgehead atoms. The fourth-order valence-corrected chi connectivity index (χ4v) is 4.20. The molecule has 0 spiro atoms. The molecule has 0 fully saturated rings. The number of fused-ring (bicyclic) bond motifs is 1. The number of nitrogens with one attached hydrogen (secondary N) is 1. The average molecular weight is 522 g/mol. The summed E-state index contributed by atoms with van der Waals surface area (Å²) in [6, 6.07) is 5.24. The van der Waals surface area contributed by atoms with Crippen LogP contribution in [0.4, 0.5) is 13.2 Å². The minimum atomic E-state index is -4.74.